The summed E-state index contributed by atoms with van der Waals surface area (Å²) in [5.74, 6) is -2.26. The predicted octanol–water partition coefficient (Wildman–Crippen LogP) is 1.36. The number of aromatic nitrogens is 2. The number of nitrogen functional groups attached to an aromatic ring is 1. The van der Waals surface area contributed by atoms with Crippen molar-refractivity contribution in [1.82, 2.24) is 20.2 Å². The molecule has 0 radical (unpaired) electrons. The number of fused-ring (bicyclic) bond motifs is 1. The summed E-state index contributed by atoms with van der Waals surface area (Å²) in [6.07, 6.45) is 1.61. The molecule has 2 amide bonds. The van der Waals surface area contributed by atoms with Crippen LogP contribution in [0.5, 0.6) is 0 Å². The molecule has 0 bridgehead atoms. The van der Waals surface area contributed by atoms with Crippen molar-refractivity contribution in [2.75, 3.05) is 24.8 Å². The molecule has 0 unspecified atom stereocenters. The summed E-state index contributed by atoms with van der Waals surface area (Å²) in [5, 5.41) is 18.8. The number of halogens is 1. The van der Waals surface area contributed by atoms with Gasteiger partial charge in [0.25, 0.3) is 11.8 Å². The molecule has 2 aliphatic heterocycles. The molecule has 1 fully saturated rings. The highest BCUT2D eigenvalue weighted by molar-refractivity contribution is 8.07. The summed E-state index contributed by atoms with van der Waals surface area (Å²) in [4.78, 5) is 52.2. The molecule has 2 aromatic rings. The Morgan fingerprint density at radius 1 is 1.45 bits per heavy atom. The van der Waals surface area contributed by atoms with E-state index in [9.17, 15) is 23.9 Å². The average Bonchev–Trinajstić information content (AvgIpc) is 3.46. The van der Waals surface area contributed by atoms with E-state index in [0.717, 1.165) is 16.2 Å². The molecule has 2 atom stereocenters. The monoisotopic (exact) mass is 530 g/mol. The van der Waals surface area contributed by atoms with Gasteiger partial charge in [-0.25, -0.2) is 19.2 Å². The molecule has 0 aromatic carbocycles. The van der Waals surface area contributed by atoms with Crippen LogP contribution in [0.25, 0.3) is 0 Å². The van der Waals surface area contributed by atoms with Crippen LogP contribution in [0.3, 0.4) is 0 Å². The maximum absolute atomic E-state index is 12.9. The van der Waals surface area contributed by atoms with Crippen LogP contribution in [-0.4, -0.2) is 73.9 Å². The van der Waals surface area contributed by atoms with Gasteiger partial charge in [0.05, 0.1) is 0 Å². The Balaban J connectivity index is 1.52. The lowest BCUT2D eigenvalue weighted by Gasteiger charge is -2.49. The minimum atomic E-state index is -1.24. The number of carbonyl (C=O) groups is 3. The lowest BCUT2D eigenvalue weighted by molar-refractivity contribution is -0.150. The number of oxime groups is 1. The zero-order chi connectivity index (χ0) is 23.5. The first kappa shape index (κ1) is 23.5. The number of hydrogen-bond donors (Lipinski definition) is 3. The van der Waals surface area contributed by atoms with Gasteiger partial charge in [-0.05, 0) is 0 Å². The van der Waals surface area contributed by atoms with E-state index in [0.29, 0.717) is 15.0 Å². The molecule has 4 rings (SSSR count). The van der Waals surface area contributed by atoms with Gasteiger partial charge in [0, 0.05) is 27.6 Å². The minimum absolute atomic E-state index is 0.113. The fourth-order valence-electron chi connectivity index (χ4n) is 2.99. The Hall–Kier alpha value is -2.69. The Morgan fingerprint density at radius 3 is 2.91 bits per heavy atom. The van der Waals surface area contributed by atoms with Gasteiger partial charge < -0.3 is 21.0 Å². The van der Waals surface area contributed by atoms with Gasteiger partial charge in [-0.1, -0.05) is 16.9 Å². The number of nitrogens with zero attached hydrogens (tertiary/aromatic N) is 4. The normalized spacial score (nSPS) is 20.3. The number of hydrogen-bond acceptors (Lipinski definition) is 12. The largest absolute Gasteiger partial charge is 0.477 e. The number of thioether (sulfide) groups is 2. The first-order chi connectivity index (χ1) is 15.9. The van der Waals surface area contributed by atoms with Crippen LogP contribution in [0.1, 0.15) is 5.69 Å². The van der Waals surface area contributed by atoms with Gasteiger partial charge in [-0.15, -0.1) is 34.4 Å². The molecule has 0 saturated carbocycles. The molecule has 4 heterocycles. The van der Waals surface area contributed by atoms with Gasteiger partial charge >= 0.3 is 5.97 Å². The number of nitrogens with two attached hydrogens (primary N) is 1. The van der Waals surface area contributed by atoms with Crippen molar-refractivity contribution >= 4 is 74.8 Å². The van der Waals surface area contributed by atoms with Crippen LogP contribution < -0.4 is 11.1 Å². The van der Waals surface area contributed by atoms with Crippen molar-refractivity contribution in [3.8, 4) is 0 Å². The summed E-state index contributed by atoms with van der Waals surface area (Å²) in [7, 11) is 0. The van der Waals surface area contributed by atoms with Crippen LogP contribution in [0.2, 0.25) is 0 Å². The molecule has 0 aliphatic carbocycles. The second-order valence-electron chi connectivity index (χ2n) is 6.37. The van der Waals surface area contributed by atoms with Gasteiger partial charge in [0.15, 0.2) is 15.2 Å². The molecule has 4 N–H and O–H groups in total. The fraction of sp³-hybridized carbons (Fsp3) is 0.294. The van der Waals surface area contributed by atoms with E-state index >= 15 is 0 Å². The molecule has 11 nitrogen and oxygen atoms in total. The maximum atomic E-state index is 12.9. The molecule has 0 spiro atoms. The number of aliphatic carboxylic acids is 1. The second kappa shape index (κ2) is 10.1. The minimum Gasteiger partial charge on any atom is -0.477 e. The Labute approximate surface area is 202 Å². The number of nitrogens with one attached hydrogen (secondary N) is 1. The van der Waals surface area contributed by atoms with Crippen molar-refractivity contribution < 1.29 is 28.7 Å². The van der Waals surface area contributed by atoms with E-state index in [-0.39, 0.29) is 28.8 Å². The van der Waals surface area contributed by atoms with Crippen LogP contribution in [0.4, 0.5) is 9.52 Å². The number of rotatable bonds is 9. The lowest BCUT2D eigenvalue weighted by Crippen LogP contribution is -2.71. The van der Waals surface area contributed by atoms with Gasteiger partial charge in [0.2, 0.25) is 0 Å². The Kier molecular flexibility index (Phi) is 7.16. The van der Waals surface area contributed by atoms with Crippen LogP contribution >= 0.6 is 46.2 Å². The van der Waals surface area contributed by atoms with Gasteiger partial charge in [0.1, 0.15) is 36.1 Å². The molecule has 16 heteroatoms. The first-order valence-corrected chi connectivity index (χ1v) is 12.8. The highest BCUT2D eigenvalue weighted by Gasteiger charge is 2.54. The first-order valence-electron chi connectivity index (χ1n) is 9.17. The quantitative estimate of drug-likeness (QED) is 0.187. The van der Waals surface area contributed by atoms with E-state index < -0.39 is 35.9 Å². The number of carbonyl (C=O) groups excluding carboxylic acids is 2. The smallest absolute Gasteiger partial charge is 0.353 e. The number of anilines is 1. The number of β-lactam (4-membered cyclic amide) rings is 1. The highest BCUT2D eigenvalue weighted by Crippen LogP contribution is 2.45. The summed E-state index contributed by atoms with van der Waals surface area (Å²) in [6, 6.07) is -0.981. The number of alkyl halides is 1. The van der Waals surface area contributed by atoms with E-state index in [2.05, 4.69) is 20.4 Å². The van der Waals surface area contributed by atoms with Gasteiger partial charge in [-0.2, -0.15) is 0 Å². The maximum Gasteiger partial charge on any atom is 0.353 e. The summed E-state index contributed by atoms with van der Waals surface area (Å²) in [6.45, 7) is -1.17. The standard InChI is InChI=1S/C17H15FN6O5S4/c18-1-3-29-23-9(7-5-32-16(19)21-7)12(25)22-10-13(26)24-11(15(27)28)8(6-31-14(10)24)33-17-20-2-4-30-17/h2,4-5,10,14H,1,3,6H2,(H2,19,21)(H,22,25)(H,27,28)/t10-,14+/m1/s1. The number of amides is 2. The number of thiazole rings is 2. The number of carboxylic acid groups (broad SMARTS) is 1. The fourth-order valence-corrected chi connectivity index (χ4v) is 6.80. The van der Waals surface area contributed by atoms with E-state index in [4.69, 9.17) is 10.6 Å². The van der Waals surface area contributed by atoms with Crippen molar-refractivity contribution in [2.24, 2.45) is 5.16 Å². The molecule has 33 heavy (non-hydrogen) atoms. The lowest BCUT2D eigenvalue weighted by atomic mass is 10.0. The van der Waals surface area contributed by atoms with Crippen LogP contribution in [0.15, 0.2) is 37.1 Å². The Morgan fingerprint density at radius 2 is 2.27 bits per heavy atom. The SMILES string of the molecule is Nc1nc(C(=NOCCF)C(=O)N[C@@H]2C(=O)N3C(C(=O)O)=C(Sc4nccs4)CS[C@@H]23)cs1. The Bertz CT molecular complexity index is 1140. The molecule has 174 valence electrons. The van der Waals surface area contributed by atoms with Crippen LogP contribution in [-0.2, 0) is 19.2 Å². The zero-order valence-electron chi connectivity index (χ0n) is 16.5. The predicted molar refractivity (Wildman–Crippen MR) is 123 cm³/mol. The second-order valence-corrected chi connectivity index (χ2v) is 10.6. The summed E-state index contributed by atoms with van der Waals surface area (Å²) < 4.78 is 13.0. The molecule has 2 aliphatic rings. The molecular weight excluding hydrogens is 515 g/mol. The average molecular weight is 531 g/mol. The van der Waals surface area contributed by atoms with Gasteiger partial charge in [-0.3, -0.25) is 14.5 Å². The van der Waals surface area contributed by atoms with Crippen molar-refractivity contribution in [3.05, 3.63) is 33.3 Å². The highest BCUT2D eigenvalue weighted by atomic mass is 32.2. The third-order valence-corrected chi connectivity index (χ3v) is 8.45. The van der Waals surface area contributed by atoms with E-state index in [1.165, 1.54) is 40.2 Å². The molecule has 1 saturated heterocycles. The topological polar surface area (TPSA) is 160 Å². The van der Waals surface area contributed by atoms with E-state index in [1.54, 1.807) is 11.6 Å². The van der Waals surface area contributed by atoms with Crippen molar-refractivity contribution in [1.29, 1.82) is 0 Å². The zero-order valence-corrected chi connectivity index (χ0v) is 19.7. The summed E-state index contributed by atoms with van der Waals surface area (Å²) >= 11 is 4.96. The van der Waals surface area contributed by atoms with Crippen molar-refractivity contribution in [3.63, 3.8) is 0 Å². The van der Waals surface area contributed by atoms with Crippen molar-refractivity contribution in [2.45, 2.75) is 15.8 Å². The number of carboxylic acids is 1. The summed E-state index contributed by atoms with van der Waals surface area (Å²) in [5.41, 5.74) is 5.34. The molecular formula is C17H15FN6O5S4. The van der Waals surface area contributed by atoms with Crippen LogP contribution in [0, 0.1) is 0 Å². The van der Waals surface area contributed by atoms with E-state index in [1.807, 2.05) is 0 Å². The third kappa shape index (κ3) is 4.83. The third-order valence-electron chi connectivity index (χ3n) is 4.35. The molecule has 2 aromatic heterocycles.